The summed E-state index contributed by atoms with van der Waals surface area (Å²) < 4.78 is 0. The van der Waals surface area contributed by atoms with E-state index in [1.165, 1.54) is 0 Å². The molecule has 0 saturated carbocycles. The first-order chi connectivity index (χ1) is 19.3. The van der Waals surface area contributed by atoms with Gasteiger partial charge in [-0.05, 0) is 70.8 Å². The van der Waals surface area contributed by atoms with Crippen molar-refractivity contribution in [3.05, 3.63) is 130 Å². The number of amides is 4. The second-order valence-electron chi connectivity index (χ2n) is 8.96. The van der Waals surface area contributed by atoms with E-state index >= 15 is 0 Å². The van der Waals surface area contributed by atoms with E-state index in [1.807, 2.05) is 0 Å². The van der Waals surface area contributed by atoms with Gasteiger partial charge in [-0.2, -0.15) is 0 Å². The Morgan fingerprint density at radius 1 is 0.425 bits per heavy atom. The predicted molar refractivity (Wildman–Crippen MR) is 150 cm³/mol. The van der Waals surface area contributed by atoms with Gasteiger partial charge in [-0.25, -0.2) is 0 Å². The van der Waals surface area contributed by atoms with Gasteiger partial charge in [-0.3, -0.25) is 29.8 Å². The predicted octanol–water partition coefficient (Wildman–Crippen LogP) is 4.41. The van der Waals surface area contributed by atoms with Crippen LogP contribution in [0.3, 0.4) is 0 Å². The van der Waals surface area contributed by atoms with E-state index in [0.29, 0.717) is 33.4 Å². The van der Waals surface area contributed by atoms with Gasteiger partial charge >= 0.3 is 0 Å². The van der Waals surface area contributed by atoms with Crippen LogP contribution >= 0.6 is 0 Å². The van der Waals surface area contributed by atoms with Gasteiger partial charge in [0, 0.05) is 22.3 Å². The topological polar surface area (TPSA) is 133 Å². The number of hydrogen-bond acceptors (Lipinski definition) is 6. The first kappa shape index (κ1) is 25.9. The average Bonchev–Trinajstić information content (AvgIpc) is 2.96. The summed E-state index contributed by atoms with van der Waals surface area (Å²) in [6.45, 7) is 0. The van der Waals surface area contributed by atoms with Crippen LogP contribution in [-0.4, -0.2) is 33.8 Å². The van der Waals surface area contributed by atoms with E-state index in [-0.39, 0.29) is 23.3 Å². The third-order valence-electron chi connectivity index (χ3n) is 6.28. The Morgan fingerprint density at radius 2 is 0.750 bits per heavy atom. The highest BCUT2D eigenvalue weighted by Crippen LogP contribution is 2.27. The second-order valence-corrected chi connectivity index (χ2v) is 8.96. The second kappa shape index (κ2) is 10.9. The number of hydrogen-bond donors (Lipinski definition) is 4. The van der Waals surface area contributed by atoms with Crippen LogP contribution in [0.25, 0.3) is 23.3 Å². The van der Waals surface area contributed by atoms with Crippen LogP contribution in [0, 0.1) is 0 Å². The quantitative estimate of drug-likeness (QED) is 0.224. The number of rotatable bonds is 2. The molecule has 0 atom stereocenters. The molecule has 4 N–H and O–H groups in total. The molecule has 8 heteroatoms. The Bertz CT molecular complexity index is 1590. The van der Waals surface area contributed by atoms with Crippen molar-refractivity contribution in [1.82, 2.24) is 10.6 Å². The van der Waals surface area contributed by atoms with Crippen molar-refractivity contribution in [2.24, 2.45) is 0 Å². The lowest BCUT2D eigenvalue weighted by Crippen LogP contribution is -2.36. The molecule has 196 valence electrons. The van der Waals surface area contributed by atoms with E-state index in [0.717, 1.165) is 11.1 Å². The minimum absolute atomic E-state index is 0.163. The Kier molecular flexibility index (Phi) is 7.07. The molecule has 6 rings (SSSR count). The molecule has 2 aliphatic rings. The average molecular weight is 531 g/mol. The molecular weight excluding hydrogens is 508 g/mol. The standard InChI is InChI=1S/2C16H11NO3/c2*18-11-7-5-10(6-8-11)9-14-12-3-1-2-4-13(12)15(19)17-16(14)20/h2*1-9,18H,(H,17,19,20)/b14-9+;14-9-. The van der Waals surface area contributed by atoms with Crippen LogP contribution in [0.2, 0.25) is 0 Å². The van der Waals surface area contributed by atoms with Crippen molar-refractivity contribution in [3.63, 3.8) is 0 Å². The van der Waals surface area contributed by atoms with Gasteiger partial charge in [0.05, 0.1) is 0 Å². The minimum atomic E-state index is -0.415. The molecule has 0 bridgehead atoms. The van der Waals surface area contributed by atoms with Gasteiger partial charge < -0.3 is 10.2 Å². The molecule has 4 aromatic carbocycles. The number of nitrogens with one attached hydrogen (secondary N) is 2. The fourth-order valence-electron chi connectivity index (χ4n) is 4.31. The van der Waals surface area contributed by atoms with Crippen molar-refractivity contribution < 1.29 is 29.4 Å². The normalized spacial score (nSPS) is 15.9. The summed E-state index contributed by atoms with van der Waals surface area (Å²) in [5, 5.41) is 23.2. The maximum atomic E-state index is 12.0. The summed E-state index contributed by atoms with van der Waals surface area (Å²) in [5.74, 6) is -1.27. The summed E-state index contributed by atoms with van der Waals surface area (Å²) in [6, 6.07) is 26.9. The maximum absolute atomic E-state index is 12.0. The van der Waals surface area contributed by atoms with Crippen molar-refractivity contribution in [1.29, 1.82) is 0 Å². The molecule has 40 heavy (non-hydrogen) atoms. The van der Waals surface area contributed by atoms with E-state index < -0.39 is 11.8 Å². The first-order valence-electron chi connectivity index (χ1n) is 12.2. The van der Waals surface area contributed by atoms with Gasteiger partial charge in [-0.15, -0.1) is 0 Å². The summed E-state index contributed by atoms with van der Waals surface area (Å²) in [4.78, 5) is 47.5. The molecular formula is C32H22N2O6. The lowest BCUT2D eigenvalue weighted by Gasteiger charge is -2.17. The molecule has 4 aromatic rings. The van der Waals surface area contributed by atoms with Gasteiger partial charge in [0.15, 0.2) is 0 Å². The lowest BCUT2D eigenvalue weighted by atomic mass is 9.93. The van der Waals surface area contributed by atoms with Crippen molar-refractivity contribution in [2.75, 3.05) is 0 Å². The Morgan fingerprint density at radius 3 is 1.10 bits per heavy atom. The van der Waals surface area contributed by atoms with Gasteiger partial charge in [-0.1, -0.05) is 60.7 Å². The zero-order chi connectivity index (χ0) is 28.2. The smallest absolute Gasteiger partial charge is 0.258 e. The number of imide groups is 2. The number of phenolic OH excluding ortho intramolecular Hbond substituents is 2. The van der Waals surface area contributed by atoms with E-state index in [1.54, 1.807) is 109 Å². The zero-order valence-corrected chi connectivity index (χ0v) is 20.9. The lowest BCUT2D eigenvalue weighted by molar-refractivity contribution is -0.115. The highest BCUT2D eigenvalue weighted by atomic mass is 16.3. The summed E-state index contributed by atoms with van der Waals surface area (Å²) in [6.07, 6.45) is 3.39. The van der Waals surface area contributed by atoms with Crippen LogP contribution in [-0.2, 0) is 9.59 Å². The molecule has 2 aliphatic heterocycles. The molecule has 0 fully saturated rings. The third kappa shape index (κ3) is 5.41. The highest BCUT2D eigenvalue weighted by Gasteiger charge is 2.27. The maximum Gasteiger partial charge on any atom is 0.258 e. The highest BCUT2D eigenvalue weighted by molar-refractivity contribution is 6.34. The third-order valence-corrected chi connectivity index (χ3v) is 6.28. The Labute approximate surface area is 228 Å². The SMILES string of the molecule is O=C1NC(=O)c2ccccc2/C1=C/c1ccc(O)cc1.O=C1NC(=O)c2ccccc2/C1=C\c1ccc(O)cc1. The minimum Gasteiger partial charge on any atom is -0.508 e. The number of benzene rings is 4. The molecule has 0 aliphatic carbocycles. The van der Waals surface area contributed by atoms with Crippen LogP contribution in [0.5, 0.6) is 11.5 Å². The number of phenols is 2. The van der Waals surface area contributed by atoms with E-state index in [2.05, 4.69) is 10.6 Å². The van der Waals surface area contributed by atoms with Crippen LogP contribution < -0.4 is 10.6 Å². The molecule has 8 nitrogen and oxygen atoms in total. The van der Waals surface area contributed by atoms with Gasteiger partial charge in [0.2, 0.25) is 0 Å². The number of fused-ring (bicyclic) bond motifs is 2. The van der Waals surface area contributed by atoms with Crippen molar-refractivity contribution in [2.45, 2.75) is 0 Å². The fraction of sp³-hybridized carbons (Fsp3) is 0. The van der Waals surface area contributed by atoms with Crippen LogP contribution in [0.1, 0.15) is 43.0 Å². The molecule has 0 unspecified atom stereocenters. The van der Waals surface area contributed by atoms with E-state index in [9.17, 15) is 29.4 Å². The molecule has 0 spiro atoms. The molecule has 0 aromatic heterocycles. The Balaban J connectivity index is 0.000000161. The van der Waals surface area contributed by atoms with Crippen molar-refractivity contribution in [3.8, 4) is 11.5 Å². The molecule has 0 radical (unpaired) electrons. The van der Waals surface area contributed by atoms with Gasteiger partial charge in [0.25, 0.3) is 23.6 Å². The summed E-state index contributed by atoms with van der Waals surface area (Å²) >= 11 is 0. The number of aromatic hydroxyl groups is 2. The summed E-state index contributed by atoms with van der Waals surface area (Å²) in [5.41, 5.74) is 4.63. The number of carbonyl (C=O) groups is 4. The molecule has 0 saturated heterocycles. The summed E-state index contributed by atoms with van der Waals surface area (Å²) in [7, 11) is 0. The molecule has 4 amide bonds. The molecule has 2 heterocycles. The Hall–Kier alpha value is -5.76. The fourth-order valence-corrected chi connectivity index (χ4v) is 4.31. The number of carbonyl (C=O) groups excluding carboxylic acids is 4. The van der Waals surface area contributed by atoms with Gasteiger partial charge in [0.1, 0.15) is 11.5 Å². The zero-order valence-electron chi connectivity index (χ0n) is 20.9. The van der Waals surface area contributed by atoms with Crippen molar-refractivity contribution >= 4 is 46.9 Å². The van der Waals surface area contributed by atoms with Crippen LogP contribution in [0.4, 0.5) is 0 Å². The monoisotopic (exact) mass is 530 g/mol. The van der Waals surface area contributed by atoms with Crippen LogP contribution in [0.15, 0.2) is 97.1 Å². The van der Waals surface area contributed by atoms with E-state index in [4.69, 9.17) is 0 Å². The first-order valence-corrected chi connectivity index (χ1v) is 12.2. The largest absolute Gasteiger partial charge is 0.508 e.